The van der Waals surface area contributed by atoms with E-state index in [0.717, 1.165) is 16.9 Å². The predicted molar refractivity (Wildman–Crippen MR) is 120 cm³/mol. The third kappa shape index (κ3) is 5.06. The van der Waals surface area contributed by atoms with E-state index in [-0.39, 0.29) is 24.3 Å². The summed E-state index contributed by atoms with van der Waals surface area (Å²) in [6.45, 7) is 0.549. The lowest BCUT2D eigenvalue weighted by molar-refractivity contribution is -0.122. The molecule has 5 nitrogen and oxygen atoms in total. The third-order valence-electron chi connectivity index (χ3n) is 5.31. The smallest absolute Gasteiger partial charge is 0.253 e. The van der Waals surface area contributed by atoms with Gasteiger partial charge in [-0.1, -0.05) is 72.3 Å². The number of carbonyl (C=O) groups is 2. The number of hydrogen-bond acceptors (Lipinski definition) is 3. The molecule has 3 aromatic carbocycles. The molecule has 2 amide bonds. The van der Waals surface area contributed by atoms with Crippen molar-refractivity contribution in [1.82, 2.24) is 10.6 Å². The second-order valence-electron chi connectivity index (χ2n) is 7.42. The van der Waals surface area contributed by atoms with Crippen LogP contribution < -0.4 is 15.4 Å². The summed E-state index contributed by atoms with van der Waals surface area (Å²) in [6.07, 6.45) is 0.810. The van der Waals surface area contributed by atoms with Crippen molar-refractivity contribution in [2.45, 2.75) is 24.9 Å². The van der Waals surface area contributed by atoms with E-state index in [0.29, 0.717) is 23.6 Å². The van der Waals surface area contributed by atoms with Gasteiger partial charge in [0.1, 0.15) is 5.75 Å². The first-order valence-electron chi connectivity index (χ1n) is 10.2. The molecule has 0 radical (unpaired) electrons. The lowest BCUT2D eigenvalue weighted by Gasteiger charge is -2.27. The molecule has 2 atom stereocenters. The molecule has 6 heteroatoms. The number of carbonyl (C=O) groups excluding carboxylic acids is 2. The number of benzene rings is 3. The largest absolute Gasteiger partial charge is 0.493 e. The second-order valence-corrected chi connectivity index (χ2v) is 7.82. The van der Waals surface area contributed by atoms with Crippen LogP contribution in [-0.4, -0.2) is 18.4 Å². The summed E-state index contributed by atoms with van der Waals surface area (Å²) >= 11 is 6.18. The van der Waals surface area contributed by atoms with E-state index in [2.05, 4.69) is 10.6 Å². The van der Waals surface area contributed by atoms with Crippen molar-refractivity contribution in [2.24, 2.45) is 0 Å². The zero-order chi connectivity index (χ0) is 21.6. The molecule has 31 heavy (non-hydrogen) atoms. The molecule has 1 heterocycles. The summed E-state index contributed by atoms with van der Waals surface area (Å²) in [5.74, 6) is 0.337. The van der Waals surface area contributed by atoms with Crippen LogP contribution in [0, 0.1) is 0 Å². The van der Waals surface area contributed by atoms with E-state index in [1.807, 2.05) is 54.6 Å². The van der Waals surface area contributed by atoms with Crippen LogP contribution in [0.15, 0.2) is 78.9 Å². The average molecular weight is 435 g/mol. The third-order valence-corrected chi connectivity index (χ3v) is 5.64. The normalized spacial score (nSPS) is 15.8. The van der Waals surface area contributed by atoms with E-state index in [1.165, 1.54) is 0 Å². The maximum absolute atomic E-state index is 13.0. The van der Waals surface area contributed by atoms with E-state index >= 15 is 0 Å². The number of ether oxygens (including phenoxy) is 1. The quantitative estimate of drug-likeness (QED) is 0.583. The van der Waals surface area contributed by atoms with Gasteiger partial charge in [0.05, 0.1) is 35.7 Å². The Labute approximate surface area is 186 Å². The fourth-order valence-electron chi connectivity index (χ4n) is 3.75. The van der Waals surface area contributed by atoms with Gasteiger partial charge in [-0.15, -0.1) is 0 Å². The predicted octanol–water partition coefficient (Wildman–Crippen LogP) is 4.84. The molecule has 0 spiro atoms. The molecule has 0 fully saturated rings. The summed E-state index contributed by atoms with van der Waals surface area (Å²) < 4.78 is 5.68. The molecule has 0 aromatic heterocycles. The average Bonchev–Trinajstić information content (AvgIpc) is 2.80. The number of nitrogens with one attached hydrogen (secondary N) is 2. The van der Waals surface area contributed by atoms with Crippen molar-refractivity contribution < 1.29 is 14.3 Å². The zero-order valence-electron chi connectivity index (χ0n) is 16.9. The van der Waals surface area contributed by atoms with E-state index < -0.39 is 6.04 Å². The maximum Gasteiger partial charge on any atom is 0.253 e. The van der Waals surface area contributed by atoms with Crippen LogP contribution in [0.4, 0.5) is 0 Å². The van der Waals surface area contributed by atoms with Crippen molar-refractivity contribution in [2.75, 3.05) is 6.61 Å². The molecular formula is C25H23ClN2O3. The van der Waals surface area contributed by atoms with Gasteiger partial charge in [0.25, 0.3) is 5.91 Å². The van der Waals surface area contributed by atoms with Crippen molar-refractivity contribution in [3.63, 3.8) is 0 Å². The molecular weight excluding hydrogens is 412 g/mol. The van der Waals surface area contributed by atoms with E-state index in [1.54, 1.807) is 24.3 Å². The molecule has 0 bridgehead atoms. The highest BCUT2D eigenvalue weighted by atomic mass is 35.5. The number of fused-ring (bicyclic) bond motifs is 1. The first kappa shape index (κ1) is 20.9. The standard InChI is InChI=1S/C25H23ClN2O3/c26-20-12-6-4-10-18(20)25(30)28-22(17-8-2-1-3-9-17)16-24(29)27-21-14-15-31-23-13-7-5-11-19(21)23/h1-13,21-22H,14-16H2,(H,27,29)(H,28,30)/t21-,22+/m1/s1. The Hall–Kier alpha value is -3.31. The van der Waals surface area contributed by atoms with Crippen molar-refractivity contribution >= 4 is 23.4 Å². The molecule has 2 N–H and O–H groups in total. The molecule has 0 aliphatic carbocycles. The van der Waals surface area contributed by atoms with Gasteiger partial charge in [0.2, 0.25) is 5.91 Å². The maximum atomic E-state index is 13.0. The molecule has 1 aliphatic rings. The van der Waals surface area contributed by atoms with Gasteiger partial charge in [-0.25, -0.2) is 0 Å². The van der Waals surface area contributed by atoms with Crippen LogP contribution in [0.25, 0.3) is 0 Å². The summed E-state index contributed by atoms with van der Waals surface area (Å²) in [7, 11) is 0. The zero-order valence-corrected chi connectivity index (χ0v) is 17.6. The highest BCUT2D eigenvalue weighted by molar-refractivity contribution is 6.33. The van der Waals surface area contributed by atoms with E-state index in [4.69, 9.17) is 16.3 Å². The van der Waals surface area contributed by atoms with Gasteiger partial charge < -0.3 is 15.4 Å². The highest BCUT2D eigenvalue weighted by Crippen LogP contribution is 2.32. The lowest BCUT2D eigenvalue weighted by Crippen LogP contribution is -2.36. The Morgan fingerprint density at radius 3 is 2.48 bits per heavy atom. The SMILES string of the molecule is O=C(C[C@H](NC(=O)c1ccccc1Cl)c1ccccc1)N[C@@H]1CCOc2ccccc21. The van der Waals surface area contributed by atoms with E-state index in [9.17, 15) is 9.59 Å². The van der Waals surface area contributed by atoms with Crippen molar-refractivity contribution in [3.05, 3.63) is 101 Å². The fourth-order valence-corrected chi connectivity index (χ4v) is 3.97. The van der Waals surface area contributed by atoms with Crippen molar-refractivity contribution in [3.8, 4) is 5.75 Å². The van der Waals surface area contributed by atoms with Gasteiger partial charge in [-0.3, -0.25) is 9.59 Å². The highest BCUT2D eigenvalue weighted by Gasteiger charge is 2.25. The number of halogens is 1. The Morgan fingerprint density at radius 1 is 0.968 bits per heavy atom. The summed E-state index contributed by atoms with van der Waals surface area (Å²) in [5, 5.41) is 6.44. The molecule has 4 rings (SSSR count). The topological polar surface area (TPSA) is 67.4 Å². The number of amides is 2. The summed E-state index contributed by atoms with van der Waals surface area (Å²) in [6, 6.07) is 23.4. The monoisotopic (exact) mass is 434 g/mol. The first-order valence-corrected chi connectivity index (χ1v) is 10.6. The van der Waals surface area contributed by atoms with Gasteiger partial charge >= 0.3 is 0 Å². The van der Waals surface area contributed by atoms with Gasteiger partial charge in [0.15, 0.2) is 0 Å². The molecule has 158 valence electrons. The molecule has 0 saturated carbocycles. The van der Waals surface area contributed by atoms with Crippen LogP contribution in [0.1, 0.15) is 46.4 Å². The van der Waals surface area contributed by atoms with Crippen molar-refractivity contribution in [1.29, 1.82) is 0 Å². The minimum atomic E-state index is -0.486. The van der Waals surface area contributed by atoms with Gasteiger partial charge in [-0.2, -0.15) is 0 Å². The van der Waals surface area contributed by atoms with Gasteiger partial charge in [0, 0.05) is 12.0 Å². The Balaban J connectivity index is 1.50. The molecule has 3 aromatic rings. The Kier molecular flexibility index (Phi) is 6.53. The second kappa shape index (κ2) is 9.67. The van der Waals surface area contributed by atoms with Crippen LogP contribution in [-0.2, 0) is 4.79 Å². The van der Waals surface area contributed by atoms with Crippen LogP contribution in [0.2, 0.25) is 5.02 Å². The first-order chi connectivity index (χ1) is 15.1. The lowest BCUT2D eigenvalue weighted by atomic mass is 9.99. The van der Waals surface area contributed by atoms with Gasteiger partial charge in [-0.05, 0) is 23.8 Å². The summed E-state index contributed by atoms with van der Waals surface area (Å²) in [5.41, 5.74) is 2.20. The minimum Gasteiger partial charge on any atom is -0.493 e. The summed E-state index contributed by atoms with van der Waals surface area (Å²) in [4.78, 5) is 25.8. The molecule has 0 saturated heterocycles. The van der Waals surface area contributed by atoms with Crippen LogP contribution >= 0.6 is 11.6 Å². The molecule has 1 aliphatic heterocycles. The van der Waals surface area contributed by atoms with Crippen LogP contribution in [0.3, 0.4) is 0 Å². The minimum absolute atomic E-state index is 0.111. The number of rotatable bonds is 6. The number of para-hydroxylation sites is 1. The molecule has 0 unspecified atom stereocenters. The Morgan fingerprint density at radius 2 is 1.68 bits per heavy atom. The fraction of sp³-hybridized carbons (Fsp3) is 0.200. The Bertz CT molecular complexity index is 1070. The van der Waals surface area contributed by atoms with Crippen LogP contribution in [0.5, 0.6) is 5.75 Å². The number of hydrogen-bond donors (Lipinski definition) is 2.